The molecule has 0 saturated carbocycles. The first-order valence-electron chi connectivity index (χ1n) is 5.05. The van der Waals surface area contributed by atoms with Gasteiger partial charge in [-0.05, 0) is 0 Å². The number of halogens is 3. The Kier molecular flexibility index (Phi) is 5.13. The van der Waals surface area contributed by atoms with E-state index in [1.54, 1.807) is 0 Å². The average molecular weight is 310 g/mol. The predicted octanol–water partition coefficient (Wildman–Crippen LogP) is 0.336. The summed E-state index contributed by atoms with van der Waals surface area (Å²) in [5.41, 5.74) is -2.34. The van der Waals surface area contributed by atoms with E-state index < -0.39 is 29.4 Å². The van der Waals surface area contributed by atoms with Gasteiger partial charge in [0, 0.05) is 13.1 Å². The van der Waals surface area contributed by atoms with Crippen molar-refractivity contribution in [3.63, 3.8) is 0 Å². The van der Waals surface area contributed by atoms with Gasteiger partial charge in [0.05, 0.1) is 5.75 Å². The number of hydrogen-bond acceptors (Lipinski definition) is 5. The molecule has 20 heavy (non-hydrogen) atoms. The van der Waals surface area contributed by atoms with Crippen LogP contribution >= 0.6 is 11.8 Å². The molecule has 0 spiro atoms. The number of carbonyl (C=O) groups is 2. The topological polar surface area (TPSA) is 104 Å². The van der Waals surface area contributed by atoms with Crippen molar-refractivity contribution in [3.8, 4) is 0 Å². The Labute approximate surface area is 114 Å². The molecule has 0 bridgehead atoms. The molecule has 0 atom stereocenters. The summed E-state index contributed by atoms with van der Waals surface area (Å²) in [4.78, 5) is 38.3. The molecule has 1 aromatic heterocycles. The van der Waals surface area contributed by atoms with Gasteiger partial charge in [-0.15, -0.1) is 0 Å². The molecule has 0 unspecified atom stereocenters. The number of nitrogens with zero attached hydrogens (tertiary/aromatic N) is 1. The summed E-state index contributed by atoms with van der Waals surface area (Å²) in [6.07, 6.45) is -4.76. The fraction of sp³-hybridized carbons (Fsp3) is 0.333. The molecule has 0 aliphatic rings. The summed E-state index contributed by atoms with van der Waals surface area (Å²) in [6, 6.07) is -0.435. The van der Waals surface area contributed by atoms with Crippen molar-refractivity contribution >= 4 is 23.7 Å². The molecule has 1 heterocycles. The van der Waals surface area contributed by atoms with Crippen molar-refractivity contribution < 1.29 is 22.8 Å². The van der Waals surface area contributed by atoms with Gasteiger partial charge in [0.25, 0.3) is 5.56 Å². The second-order valence-corrected chi connectivity index (χ2v) is 4.31. The molecule has 3 N–H and O–H groups in total. The minimum atomic E-state index is -4.76. The van der Waals surface area contributed by atoms with E-state index in [9.17, 15) is 27.6 Å². The molecule has 1 rings (SSSR count). The lowest BCUT2D eigenvalue weighted by Crippen LogP contribution is -2.38. The maximum Gasteiger partial charge on any atom is 0.433 e. The van der Waals surface area contributed by atoms with Crippen LogP contribution < -0.4 is 16.2 Å². The summed E-state index contributed by atoms with van der Waals surface area (Å²) in [5, 5.41) is 3.67. The van der Waals surface area contributed by atoms with Crippen LogP contribution in [0.3, 0.4) is 0 Å². The number of thioether (sulfide) groups is 1. The monoisotopic (exact) mass is 310 g/mol. The second-order valence-electron chi connectivity index (χ2n) is 3.35. The summed E-state index contributed by atoms with van der Waals surface area (Å²) >= 11 is 0.567. The Bertz CT molecular complexity index is 572. The van der Waals surface area contributed by atoms with Crippen molar-refractivity contribution in [2.24, 2.45) is 0 Å². The third-order valence-corrected chi connectivity index (χ3v) is 2.70. The van der Waals surface area contributed by atoms with Gasteiger partial charge < -0.3 is 10.3 Å². The van der Waals surface area contributed by atoms with Crippen LogP contribution in [0.25, 0.3) is 0 Å². The molecule has 110 valence electrons. The van der Waals surface area contributed by atoms with E-state index in [4.69, 9.17) is 0 Å². The van der Waals surface area contributed by atoms with Gasteiger partial charge in [-0.2, -0.15) is 13.2 Å². The molecular formula is C9H9F3N4O3S. The Hall–Kier alpha value is -2.04. The zero-order valence-electron chi connectivity index (χ0n) is 10.00. The minimum absolute atomic E-state index is 0.314. The molecule has 0 aliphatic heterocycles. The Morgan fingerprint density at radius 1 is 1.45 bits per heavy atom. The lowest BCUT2D eigenvalue weighted by molar-refractivity contribution is -0.141. The summed E-state index contributed by atoms with van der Waals surface area (Å²) < 4.78 is 37.2. The van der Waals surface area contributed by atoms with Gasteiger partial charge in [-0.25, -0.2) is 9.78 Å². The molecule has 0 aromatic carbocycles. The summed E-state index contributed by atoms with van der Waals surface area (Å²) in [6.45, 7) is 0. The number of aromatic nitrogens is 2. The summed E-state index contributed by atoms with van der Waals surface area (Å²) in [7, 11) is 1.29. The lowest BCUT2D eigenvalue weighted by atomic mass is 10.4. The highest BCUT2D eigenvalue weighted by Gasteiger charge is 2.33. The fourth-order valence-corrected chi connectivity index (χ4v) is 1.68. The highest BCUT2D eigenvalue weighted by Crippen LogP contribution is 2.27. The zero-order valence-corrected chi connectivity index (χ0v) is 10.8. The largest absolute Gasteiger partial charge is 0.433 e. The van der Waals surface area contributed by atoms with Crippen LogP contribution in [0, 0.1) is 0 Å². The van der Waals surface area contributed by atoms with Gasteiger partial charge in [-0.3, -0.25) is 14.9 Å². The van der Waals surface area contributed by atoms with Crippen LogP contribution in [0.5, 0.6) is 0 Å². The van der Waals surface area contributed by atoms with E-state index >= 15 is 0 Å². The van der Waals surface area contributed by atoms with Crippen LogP contribution in [0.4, 0.5) is 18.0 Å². The van der Waals surface area contributed by atoms with Crippen LogP contribution in [-0.4, -0.2) is 34.7 Å². The molecule has 0 radical (unpaired) electrons. The molecule has 11 heteroatoms. The fourth-order valence-electron chi connectivity index (χ4n) is 1.01. The first-order chi connectivity index (χ1) is 9.22. The third kappa shape index (κ3) is 4.91. The molecule has 7 nitrogen and oxygen atoms in total. The standard InChI is InChI=1S/C9H9F3N4O3S/c1-13-7(19)15-6(18)3-20-8-14-4(9(10,11)12)2-5(17)16-8/h2H,3H2,1H3,(H,14,16,17)(H2,13,15,18,19). The highest BCUT2D eigenvalue weighted by atomic mass is 32.2. The predicted molar refractivity (Wildman–Crippen MR) is 63.2 cm³/mol. The molecular weight excluding hydrogens is 301 g/mol. The Morgan fingerprint density at radius 3 is 2.65 bits per heavy atom. The van der Waals surface area contributed by atoms with E-state index in [1.165, 1.54) is 7.05 Å². The quantitative estimate of drug-likeness (QED) is 0.551. The molecule has 0 aliphatic carbocycles. The molecule has 0 saturated heterocycles. The van der Waals surface area contributed by atoms with Crippen molar-refractivity contribution in [2.45, 2.75) is 11.3 Å². The molecule has 3 amide bonds. The lowest BCUT2D eigenvalue weighted by Gasteiger charge is -2.07. The van der Waals surface area contributed by atoms with E-state index in [1.807, 2.05) is 5.32 Å². The van der Waals surface area contributed by atoms with Gasteiger partial charge in [-0.1, -0.05) is 11.8 Å². The van der Waals surface area contributed by atoms with Gasteiger partial charge in [0.15, 0.2) is 10.9 Å². The minimum Gasteiger partial charge on any atom is -0.341 e. The van der Waals surface area contributed by atoms with Crippen LogP contribution in [0.1, 0.15) is 5.69 Å². The maximum absolute atomic E-state index is 12.4. The smallest absolute Gasteiger partial charge is 0.341 e. The van der Waals surface area contributed by atoms with E-state index in [2.05, 4.69) is 15.3 Å². The van der Waals surface area contributed by atoms with Crippen molar-refractivity contribution in [1.29, 1.82) is 0 Å². The zero-order chi connectivity index (χ0) is 15.3. The van der Waals surface area contributed by atoms with Gasteiger partial charge in [0.2, 0.25) is 5.91 Å². The van der Waals surface area contributed by atoms with E-state index in [0.717, 1.165) is 0 Å². The van der Waals surface area contributed by atoms with Crippen molar-refractivity contribution in [1.82, 2.24) is 20.6 Å². The average Bonchev–Trinajstić information content (AvgIpc) is 2.34. The number of imide groups is 1. The first-order valence-corrected chi connectivity index (χ1v) is 6.04. The Morgan fingerprint density at radius 2 is 2.10 bits per heavy atom. The number of nitrogens with one attached hydrogen (secondary N) is 3. The number of H-pyrrole nitrogens is 1. The van der Waals surface area contributed by atoms with Crippen molar-refractivity contribution in [3.05, 3.63) is 22.1 Å². The Balaban J connectivity index is 2.74. The molecule has 0 fully saturated rings. The van der Waals surface area contributed by atoms with Gasteiger partial charge in [0.1, 0.15) is 0 Å². The number of urea groups is 1. The normalized spacial score (nSPS) is 11.0. The number of hydrogen-bond donors (Lipinski definition) is 3. The third-order valence-electron chi connectivity index (χ3n) is 1.83. The van der Waals surface area contributed by atoms with Gasteiger partial charge >= 0.3 is 12.2 Å². The second kappa shape index (κ2) is 6.41. The number of amides is 3. The number of carbonyl (C=O) groups excluding carboxylic acids is 2. The SMILES string of the molecule is CNC(=O)NC(=O)CSc1nc(C(F)(F)F)cc(=O)[nH]1. The maximum atomic E-state index is 12.4. The van der Waals surface area contributed by atoms with E-state index in [0.29, 0.717) is 17.8 Å². The number of rotatable bonds is 3. The van der Waals surface area contributed by atoms with Crippen molar-refractivity contribution in [2.75, 3.05) is 12.8 Å². The number of aromatic amines is 1. The van der Waals surface area contributed by atoms with Crippen LogP contribution in [0.15, 0.2) is 16.0 Å². The van der Waals surface area contributed by atoms with Crippen LogP contribution in [-0.2, 0) is 11.0 Å². The highest BCUT2D eigenvalue weighted by molar-refractivity contribution is 7.99. The first kappa shape index (κ1) is 16.0. The van der Waals surface area contributed by atoms with E-state index in [-0.39, 0.29) is 10.9 Å². The molecule has 1 aromatic rings. The number of alkyl halides is 3. The summed E-state index contributed by atoms with van der Waals surface area (Å²) in [5.74, 6) is -1.12. The van der Waals surface area contributed by atoms with Crippen LogP contribution in [0.2, 0.25) is 0 Å².